The Morgan fingerprint density at radius 1 is 1.02 bits per heavy atom. The second-order valence-electron chi connectivity index (χ2n) is 13.0. The number of carbonyl (C=O) groups excluding carboxylic acids is 1. The fraction of sp³-hybridized carbons (Fsp3) is 0.263. The zero-order valence-corrected chi connectivity index (χ0v) is 31.4. The van der Waals surface area contributed by atoms with Crippen LogP contribution in [0.15, 0.2) is 90.2 Å². The molecule has 290 valence electrons. The maximum absolute atomic E-state index is 13.7. The van der Waals surface area contributed by atoms with Crippen molar-refractivity contribution in [2.24, 2.45) is 5.92 Å². The summed E-state index contributed by atoms with van der Waals surface area (Å²) in [5.41, 5.74) is 0.962. The van der Waals surface area contributed by atoms with E-state index >= 15 is 0 Å². The molecule has 0 spiro atoms. The van der Waals surface area contributed by atoms with Gasteiger partial charge in [-0.05, 0) is 96.5 Å². The topological polar surface area (TPSA) is 179 Å². The highest BCUT2D eigenvalue weighted by Gasteiger charge is 2.30. The number of pyridine rings is 1. The Labute approximate surface area is 324 Å². The molecule has 1 fully saturated rings. The third-order valence-corrected chi connectivity index (χ3v) is 11.4. The number of nitrogens with zero attached hydrogens (tertiary/aromatic N) is 6. The van der Waals surface area contributed by atoms with Crippen LogP contribution in [0, 0.1) is 17.2 Å². The van der Waals surface area contributed by atoms with Gasteiger partial charge in [0.25, 0.3) is 10.0 Å². The van der Waals surface area contributed by atoms with Gasteiger partial charge in [0.05, 0.1) is 28.3 Å². The van der Waals surface area contributed by atoms with Gasteiger partial charge in [-0.2, -0.15) is 22.8 Å². The number of ether oxygens (including phenoxy) is 1. The fourth-order valence-corrected chi connectivity index (χ4v) is 7.99. The summed E-state index contributed by atoms with van der Waals surface area (Å²) >= 11 is 0.831. The lowest BCUT2D eigenvalue weighted by atomic mass is 9.93. The molecular formula is C38H34F3N7O6S2. The molecule has 1 saturated heterocycles. The van der Waals surface area contributed by atoms with Gasteiger partial charge in [0.15, 0.2) is 0 Å². The van der Waals surface area contributed by atoms with Crippen molar-refractivity contribution in [1.29, 1.82) is 5.26 Å². The molecule has 1 aliphatic heterocycles. The summed E-state index contributed by atoms with van der Waals surface area (Å²) < 4.78 is 79.2. The van der Waals surface area contributed by atoms with Crippen molar-refractivity contribution in [3.63, 3.8) is 0 Å². The number of nitrogens with one attached hydrogen (secondary N) is 1. The summed E-state index contributed by atoms with van der Waals surface area (Å²) in [5.74, 6) is 0.437. The monoisotopic (exact) mass is 805 g/mol. The molecule has 0 aliphatic carbocycles. The standard InChI is InChI=1S/C38H34F3N7O6S2/c1-24(49)47-14-10-25(11-15-47)12-16-48(37(50)51)22-31-18-28(9-13-43-31)33-20-27(26-3-2-4-30(17-26)38(39,40)41)5-7-35(33)54-34-8-6-32(19-29(34)21-42)56(52,53)46-36-44-23-45-55-36/h2-9,13,17-20,23,25H,10-12,14-16,22H2,1H3,(H,50,51)(H,44,45,46). The van der Waals surface area contributed by atoms with Crippen molar-refractivity contribution in [3.05, 3.63) is 102 Å². The van der Waals surface area contributed by atoms with E-state index in [0.717, 1.165) is 42.6 Å². The average molecular weight is 806 g/mol. The van der Waals surface area contributed by atoms with Crippen molar-refractivity contribution in [1.82, 2.24) is 24.1 Å². The van der Waals surface area contributed by atoms with E-state index in [4.69, 9.17) is 4.74 Å². The van der Waals surface area contributed by atoms with Crippen LogP contribution in [0.3, 0.4) is 0 Å². The van der Waals surface area contributed by atoms with E-state index in [-0.39, 0.29) is 57.6 Å². The van der Waals surface area contributed by atoms with E-state index in [1.165, 1.54) is 54.7 Å². The molecule has 0 saturated carbocycles. The Morgan fingerprint density at radius 3 is 2.45 bits per heavy atom. The van der Waals surface area contributed by atoms with Crippen LogP contribution in [-0.2, 0) is 27.5 Å². The number of piperidine rings is 1. The molecule has 5 aromatic rings. The van der Waals surface area contributed by atoms with Crippen molar-refractivity contribution in [3.8, 4) is 39.8 Å². The quantitative estimate of drug-likeness (QED) is 0.126. The SMILES string of the molecule is CC(=O)N1CCC(CCN(Cc2cc(-c3cc(-c4cccc(C(F)(F)F)c4)ccc3Oc3ccc(S(=O)(=O)Nc4ncns4)cc3C#N)ccn2)C(=O)O)CC1. The molecule has 56 heavy (non-hydrogen) atoms. The fourth-order valence-electron chi connectivity index (χ4n) is 6.31. The molecule has 3 aromatic carbocycles. The smallest absolute Gasteiger partial charge is 0.416 e. The number of benzene rings is 3. The summed E-state index contributed by atoms with van der Waals surface area (Å²) in [6.07, 6.45) is -0.889. The summed E-state index contributed by atoms with van der Waals surface area (Å²) in [6, 6.07) is 18.4. The molecule has 13 nitrogen and oxygen atoms in total. The molecule has 2 aromatic heterocycles. The van der Waals surface area contributed by atoms with Gasteiger partial charge in [0.2, 0.25) is 11.0 Å². The minimum absolute atomic E-state index is 0.00379. The predicted molar refractivity (Wildman–Crippen MR) is 200 cm³/mol. The maximum atomic E-state index is 13.7. The van der Waals surface area contributed by atoms with Crippen molar-refractivity contribution in [2.45, 2.75) is 43.8 Å². The number of nitriles is 1. The van der Waals surface area contributed by atoms with E-state index < -0.39 is 27.9 Å². The van der Waals surface area contributed by atoms with Gasteiger partial charge in [-0.25, -0.2) is 18.2 Å². The van der Waals surface area contributed by atoms with E-state index in [9.17, 15) is 41.5 Å². The van der Waals surface area contributed by atoms with Gasteiger partial charge in [-0.15, -0.1) is 0 Å². The first-order valence-electron chi connectivity index (χ1n) is 17.2. The first kappa shape index (κ1) is 39.6. The summed E-state index contributed by atoms with van der Waals surface area (Å²) in [6.45, 7) is 2.97. The number of hydrogen-bond acceptors (Lipinski definition) is 10. The molecule has 6 rings (SSSR count). The number of rotatable bonds is 12. The van der Waals surface area contributed by atoms with Gasteiger partial charge in [0.1, 0.15) is 23.9 Å². The van der Waals surface area contributed by atoms with E-state index in [1.54, 1.807) is 29.2 Å². The zero-order valence-electron chi connectivity index (χ0n) is 29.7. The van der Waals surface area contributed by atoms with Crippen LogP contribution in [0.2, 0.25) is 0 Å². The predicted octanol–water partition coefficient (Wildman–Crippen LogP) is 7.88. The second kappa shape index (κ2) is 16.8. The lowest BCUT2D eigenvalue weighted by Gasteiger charge is -2.32. The number of hydrogen-bond donors (Lipinski definition) is 2. The van der Waals surface area contributed by atoms with Crippen molar-refractivity contribution < 1.29 is 41.0 Å². The third-order valence-electron chi connectivity index (χ3n) is 9.31. The van der Waals surface area contributed by atoms with Crippen LogP contribution >= 0.6 is 11.5 Å². The number of alkyl halides is 3. The Morgan fingerprint density at radius 2 is 1.77 bits per heavy atom. The number of carbonyl (C=O) groups is 2. The molecule has 0 unspecified atom stereocenters. The minimum atomic E-state index is -4.58. The molecule has 0 radical (unpaired) electrons. The van der Waals surface area contributed by atoms with E-state index in [1.807, 2.05) is 6.07 Å². The average Bonchev–Trinajstić information content (AvgIpc) is 3.69. The highest BCUT2D eigenvalue weighted by Crippen LogP contribution is 2.40. The number of aromatic nitrogens is 3. The van der Waals surface area contributed by atoms with Crippen LogP contribution in [0.5, 0.6) is 11.5 Å². The van der Waals surface area contributed by atoms with Gasteiger partial charge in [-0.3, -0.25) is 14.5 Å². The number of anilines is 1. The van der Waals surface area contributed by atoms with Crippen molar-refractivity contribution >= 4 is 38.7 Å². The van der Waals surface area contributed by atoms with Crippen LogP contribution in [0.4, 0.5) is 23.1 Å². The van der Waals surface area contributed by atoms with Gasteiger partial charge in [-0.1, -0.05) is 18.2 Å². The maximum Gasteiger partial charge on any atom is 0.416 e. The first-order valence-corrected chi connectivity index (χ1v) is 19.5. The number of sulfonamides is 1. The Hall–Kier alpha value is -6.06. The Balaban J connectivity index is 1.31. The molecule has 0 bridgehead atoms. The minimum Gasteiger partial charge on any atom is -0.465 e. The second-order valence-corrected chi connectivity index (χ2v) is 15.5. The molecule has 2 amide bonds. The number of amides is 2. The molecule has 1 aliphatic rings. The number of carboxylic acid groups (broad SMARTS) is 1. The zero-order chi connectivity index (χ0) is 40.0. The van der Waals surface area contributed by atoms with E-state index in [2.05, 4.69) is 19.1 Å². The number of halogens is 3. The molecule has 2 N–H and O–H groups in total. The van der Waals surface area contributed by atoms with Crippen LogP contribution in [0.1, 0.15) is 43.0 Å². The summed E-state index contributed by atoms with van der Waals surface area (Å²) in [7, 11) is -4.14. The van der Waals surface area contributed by atoms with Crippen LogP contribution in [-0.4, -0.2) is 69.3 Å². The Kier molecular flexibility index (Phi) is 11.9. The largest absolute Gasteiger partial charge is 0.465 e. The summed E-state index contributed by atoms with van der Waals surface area (Å²) in [5, 5.41) is 20.1. The highest BCUT2D eigenvalue weighted by atomic mass is 32.2. The van der Waals surface area contributed by atoms with Gasteiger partial charge < -0.3 is 19.6 Å². The normalized spacial score (nSPS) is 13.5. The molecule has 3 heterocycles. The lowest BCUT2D eigenvalue weighted by Crippen LogP contribution is -2.38. The van der Waals surface area contributed by atoms with Crippen molar-refractivity contribution in [2.75, 3.05) is 24.4 Å². The first-order chi connectivity index (χ1) is 26.7. The van der Waals surface area contributed by atoms with Gasteiger partial charge in [0, 0.05) is 49.9 Å². The number of likely N-dealkylation sites (tertiary alicyclic amines) is 1. The molecule has 0 atom stereocenters. The van der Waals surface area contributed by atoms with E-state index in [0.29, 0.717) is 41.9 Å². The van der Waals surface area contributed by atoms with Crippen LogP contribution in [0.25, 0.3) is 22.3 Å². The third kappa shape index (κ3) is 9.59. The Bertz CT molecular complexity index is 2380. The van der Waals surface area contributed by atoms with Gasteiger partial charge >= 0.3 is 12.3 Å². The lowest BCUT2D eigenvalue weighted by molar-refractivity contribution is -0.137. The molecule has 18 heteroatoms. The highest BCUT2D eigenvalue weighted by molar-refractivity contribution is 7.93. The van der Waals surface area contributed by atoms with Crippen LogP contribution < -0.4 is 9.46 Å². The molecular weight excluding hydrogens is 772 g/mol. The summed E-state index contributed by atoms with van der Waals surface area (Å²) in [4.78, 5) is 35.1.